The van der Waals surface area contributed by atoms with Gasteiger partial charge >= 0.3 is 6.03 Å². The van der Waals surface area contributed by atoms with Crippen LogP contribution in [0.5, 0.6) is 0 Å². The van der Waals surface area contributed by atoms with Crippen molar-refractivity contribution >= 4 is 23.3 Å². The Labute approximate surface area is 141 Å². The largest absolute Gasteiger partial charge is 0.322 e. The predicted octanol–water partition coefficient (Wildman–Crippen LogP) is 4.74. The van der Waals surface area contributed by atoms with E-state index in [4.69, 9.17) is 11.6 Å². The van der Waals surface area contributed by atoms with Crippen molar-refractivity contribution in [2.45, 2.75) is 25.8 Å². The average Bonchev–Trinajstić information content (AvgIpc) is 2.57. The Morgan fingerprint density at radius 2 is 2.00 bits per heavy atom. The van der Waals surface area contributed by atoms with Crippen molar-refractivity contribution in [1.82, 2.24) is 9.88 Å². The summed E-state index contributed by atoms with van der Waals surface area (Å²) in [7, 11) is 0. The molecule has 1 aromatic carbocycles. The minimum Gasteiger partial charge on any atom is -0.317 e. The lowest BCUT2D eigenvalue weighted by Crippen LogP contribution is -2.43. The third-order valence-electron chi connectivity index (χ3n) is 4.24. The molecule has 0 saturated carbocycles. The Morgan fingerprint density at radius 3 is 2.70 bits per heavy atom. The maximum atomic E-state index is 12.7. The van der Waals surface area contributed by atoms with E-state index in [1.54, 1.807) is 18.3 Å². The van der Waals surface area contributed by atoms with E-state index >= 15 is 0 Å². The number of aromatic nitrogens is 1. The zero-order chi connectivity index (χ0) is 16.2. The Morgan fingerprint density at radius 1 is 1.22 bits per heavy atom. The van der Waals surface area contributed by atoms with E-state index in [2.05, 4.69) is 29.4 Å². The molecule has 2 unspecified atom stereocenters. The van der Waals surface area contributed by atoms with Crippen LogP contribution in [0.25, 0.3) is 0 Å². The van der Waals surface area contributed by atoms with Crippen molar-refractivity contribution < 1.29 is 4.79 Å². The van der Waals surface area contributed by atoms with E-state index in [0.717, 1.165) is 19.4 Å². The number of piperidine rings is 1. The number of carbonyl (C=O) groups is 1. The minimum absolute atomic E-state index is 0.0884. The van der Waals surface area contributed by atoms with Gasteiger partial charge in [-0.05, 0) is 36.5 Å². The van der Waals surface area contributed by atoms with Crippen LogP contribution in [0, 0.1) is 5.92 Å². The first-order chi connectivity index (χ1) is 11.1. The smallest absolute Gasteiger partial charge is 0.317 e. The SMILES string of the molecule is CC1CCC(c2ccccc2)N(C(=O)Nc2ccc(Cl)nc2)C1. The van der Waals surface area contributed by atoms with Gasteiger partial charge in [0, 0.05) is 6.54 Å². The van der Waals surface area contributed by atoms with Crippen LogP contribution >= 0.6 is 11.6 Å². The zero-order valence-electron chi connectivity index (χ0n) is 13.1. The summed E-state index contributed by atoms with van der Waals surface area (Å²) in [5, 5.41) is 3.34. The standard InChI is InChI=1S/C18H20ClN3O/c1-13-7-9-16(14-5-3-2-4-6-14)22(12-13)18(23)21-15-8-10-17(19)20-11-15/h2-6,8,10-11,13,16H,7,9,12H2,1H3,(H,21,23). The van der Waals surface area contributed by atoms with Gasteiger partial charge in [-0.25, -0.2) is 9.78 Å². The van der Waals surface area contributed by atoms with Crippen molar-refractivity contribution in [3.05, 3.63) is 59.4 Å². The number of benzene rings is 1. The van der Waals surface area contributed by atoms with E-state index in [-0.39, 0.29) is 12.1 Å². The summed E-state index contributed by atoms with van der Waals surface area (Å²) in [6.45, 7) is 2.94. The first-order valence-corrected chi connectivity index (χ1v) is 8.25. The zero-order valence-corrected chi connectivity index (χ0v) is 13.8. The quantitative estimate of drug-likeness (QED) is 0.809. The molecule has 5 heteroatoms. The van der Waals surface area contributed by atoms with E-state index in [1.165, 1.54) is 5.56 Å². The van der Waals surface area contributed by atoms with Crippen LogP contribution in [0.4, 0.5) is 10.5 Å². The monoisotopic (exact) mass is 329 g/mol. The molecule has 2 heterocycles. The first-order valence-electron chi connectivity index (χ1n) is 7.87. The van der Waals surface area contributed by atoms with Gasteiger partial charge in [-0.1, -0.05) is 48.9 Å². The molecule has 0 aliphatic carbocycles. The summed E-state index contributed by atoms with van der Waals surface area (Å²) in [5.41, 5.74) is 1.84. The maximum absolute atomic E-state index is 12.7. The van der Waals surface area contributed by atoms with Gasteiger partial charge in [0.2, 0.25) is 0 Å². The minimum atomic E-state index is -0.0884. The summed E-state index contributed by atoms with van der Waals surface area (Å²) in [6.07, 6.45) is 3.69. The molecular formula is C18H20ClN3O. The number of halogens is 1. The van der Waals surface area contributed by atoms with Gasteiger partial charge in [0.1, 0.15) is 5.15 Å². The molecule has 1 aromatic heterocycles. The molecule has 0 spiro atoms. The van der Waals surface area contributed by atoms with Crippen LogP contribution in [0.3, 0.4) is 0 Å². The molecule has 1 fully saturated rings. The number of amides is 2. The molecule has 0 bridgehead atoms. The molecule has 1 N–H and O–H groups in total. The fraction of sp³-hybridized carbons (Fsp3) is 0.333. The second-order valence-corrected chi connectivity index (χ2v) is 6.45. The summed E-state index contributed by atoms with van der Waals surface area (Å²) in [5.74, 6) is 0.504. The molecule has 2 atom stereocenters. The fourth-order valence-electron chi connectivity index (χ4n) is 3.04. The highest BCUT2D eigenvalue weighted by Gasteiger charge is 2.30. The number of carbonyl (C=O) groups excluding carboxylic acids is 1. The van der Waals surface area contributed by atoms with Gasteiger partial charge in [0.25, 0.3) is 0 Å². The normalized spacial score (nSPS) is 21.0. The molecule has 1 saturated heterocycles. The molecule has 2 aromatic rings. The van der Waals surface area contributed by atoms with Crippen molar-refractivity contribution in [1.29, 1.82) is 0 Å². The van der Waals surface area contributed by atoms with Gasteiger partial charge in [-0.3, -0.25) is 0 Å². The average molecular weight is 330 g/mol. The number of anilines is 1. The van der Waals surface area contributed by atoms with Gasteiger partial charge in [0.05, 0.1) is 17.9 Å². The van der Waals surface area contributed by atoms with Gasteiger partial charge in [-0.2, -0.15) is 0 Å². The Balaban J connectivity index is 1.78. The van der Waals surface area contributed by atoms with E-state index < -0.39 is 0 Å². The summed E-state index contributed by atoms with van der Waals surface area (Å²) < 4.78 is 0. The van der Waals surface area contributed by atoms with Crippen molar-refractivity contribution in [3.8, 4) is 0 Å². The van der Waals surface area contributed by atoms with Crippen LogP contribution in [0.2, 0.25) is 5.15 Å². The van der Waals surface area contributed by atoms with Crippen LogP contribution in [-0.2, 0) is 0 Å². The number of nitrogens with zero attached hydrogens (tertiary/aromatic N) is 2. The van der Waals surface area contributed by atoms with E-state index in [1.807, 2.05) is 23.1 Å². The molecule has 0 radical (unpaired) electrons. The van der Waals surface area contributed by atoms with Crippen molar-refractivity contribution in [2.24, 2.45) is 5.92 Å². The topological polar surface area (TPSA) is 45.2 Å². The first kappa shape index (κ1) is 15.8. The third-order valence-corrected chi connectivity index (χ3v) is 4.46. The Hall–Kier alpha value is -2.07. The molecule has 4 nitrogen and oxygen atoms in total. The molecular weight excluding hydrogens is 310 g/mol. The molecule has 23 heavy (non-hydrogen) atoms. The van der Waals surface area contributed by atoms with Crippen LogP contribution in [0.15, 0.2) is 48.7 Å². The Kier molecular flexibility index (Phi) is 4.82. The molecule has 120 valence electrons. The molecule has 1 aliphatic heterocycles. The van der Waals surface area contributed by atoms with E-state index in [0.29, 0.717) is 16.8 Å². The number of hydrogen-bond donors (Lipinski definition) is 1. The van der Waals surface area contributed by atoms with Gasteiger partial charge < -0.3 is 10.2 Å². The number of rotatable bonds is 2. The predicted molar refractivity (Wildman–Crippen MR) is 92.6 cm³/mol. The molecule has 1 aliphatic rings. The van der Waals surface area contributed by atoms with E-state index in [9.17, 15) is 4.79 Å². The summed E-state index contributed by atoms with van der Waals surface area (Å²) in [4.78, 5) is 18.7. The molecule has 2 amide bonds. The lowest BCUT2D eigenvalue weighted by Gasteiger charge is -2.39. The highest BCUT2D eigenvalue weighted by Crippen LogP contribution is 2.33. The number of nitrogens with one attached hydrogen (secondary N) is 1. The van der Waals surface area contributed by atoms with Gasteiger partial charge in [-0.15, -0.1) is 0 Å². The Bertz CT molecular complexity index is 660. The third kappa shape index (κ3) is 3.82. The summed E-state index contributed by atoms with van der Waals surface area (Å²) >= 11 is 5.78. The number of hydrogen-bond acceptors (Lipinski definition) is 2. The van der Waals surface area contributed by atoms with Crippen LogP contribution in [0.1, 0.15) is 31.4 Å². The lowest BCUT2D eigenvalue weighted by atomic mass is 9.90. The second-order valence-electron chi connectivity index (χ2n) is 6.06. The van der Waals surface area contributed by atoms with Crippen molar-refractivity contribution in [2.75, 3.05) is 11.9 Å². The highest BCUT2D eigenvalue weighted by atomic mass is 35.5. The lowest BCUT2D eigenvalue weighted by molar-refractivity contribution is 0.139. The number of urea groups is 1. The highest BCUT2D eigenvalue weighted by molar-refractivity contribution is 6.29. The van der Waals surface area contributed by atoms with Crippen LogP contribution < -0.4 is 5.32 Å². The number of pyridine rings is 1. The van der Waals surface area contributed by atoms with Crippen molar-refractivity contribution in [3.63, 3.8) is 0 Å². The van der Waals surface area contributed by atoms with Gasteiger partial charge in [0.15, 0.2) is 0 Å². The maximum Gasteiger partial charge on any atom is 0.322 e. The molecule has 3 rings (SSSR count). The van der Waals surface area contributed by atoms with Crippen LogP contribution in [-0.4, -0.2) is 22.5 Å². The fourth-order valence-corrected chi connectivity index (χ4v) is 3.16. The summed E-state index contributed by atoms with van der Waals surface area (Å²) in [6, 6.07) is 13.7. The second kappa shape index (κ2) is 7.01. The number of likely N-dealkylation sites (tertiary alicyclic amines) is 1.